The largest absolute Gasteiger partial charge is 0.463 e. The van der Waals surface area contributed by atoms with Crippen LogP contribution in [0.1, 0.15) is 41.5 Å². The van der Waals surface area contributed by atoms with Crippen molar-refractivity contribution >= 4 is 11.9 Å². The molecule has 0 radical (unpaired) electrons. The molecule has 3 aliphatic rings. The lowest BCUT2D eigenvalue weighted by molar-refractivity contribution is -0.220. The predicted octanol–water partition coefficient (Wildman–Crippen LogP) is 1.77. The molecule has 3 aliphatic heterocycles. The van der Waals surface area contributed by atoms with Gasteiger partial charge in [-0.1, -0.05) is 0 Å². The van der Waals surface area contributed by atoms with Crippen molar-refractivity contribution < 1.29 is 38.0 Å². The van der Waals surface area contributed by atoms with Crippen LogP contribution in [0, 0.1) is 5.92 Å². The van der Waals surface area contributed by atoms with E-state index >= 15 is 0 Å². The van der Waals surface area contributed by atoms with Gasteiger partial charge in [-0.05, 0) is 41.5 Å². The van der Waals surface area contributed by atoms with E-state index in [9.17, 15) is 9.59 Å². The molecule has 2 saturated heterocycles. The van der Waals surface area contributed by atoms with Gasteiger partial charge in [-0.25, -0.2) is 9.59 Å². The van der Waals surface area contributed by atoms with Gasteiger partial charge in [-0.15, -0.1) is 0 Å². The van der Waals surface area contributed by atoms with Crippen molar-refractivity contribution in [2.45, 2.75) is 71.9 Å². The third-order valence-electron chi connectivity index (χ3n) is 5.42. The van der Waals surface area contributed by atoms with Crippen molar-refractivity contribution in [3.8, 4) is 0 Å². The minimum absolute atomic E-state index is 0.199. The van der Waals surface area contributed by atoms with Crippen LogP contribution in [0.3, 0.4) is 0 Å². The summed E-state index contributed by atoms with van der Waals surface area (Å²) in [7, 11) is 1.54. The number of ether oxygens (including phenoxy) is 6. The first-order valence-electron chi connectivity index (χ1n) is 10.2. The number of carbonyl (C=O) groups is 2. The van der Waals surface area contributed by atoms with Crippen LogP contribution in [-0.4, -0.2) is 62.7 Å². The highest BCUT2D eigenvalue weighted by Gasteiger charge is 2.59. The number of carbonyl (C=O) groups excluding carboxylic acids is 2. The van der Waals surface area contributed by atoms with Gasteiger partial charge in [0.25, 0.3) is 0 Å². The van der Waals surface area contributed by atoms with Crippen LogP contribution in [0.2, 0.25) is 0 Å². The van der Waals surface area contributed by atoms with E-state index in [1.807, 2.05) is 0 Å². The maximum absolute atomic E-state index is 12.9. The minimum atomic E-state index is -0.823. The Morgan fingerprint density at radius 3 is 1.97 bits per heavy atom. The molecule has 1 N–H and O–H groups in total. The van der Waals surface area contributed by atoms with E-state index in [0.717, 1.165) is 0 Å². The lowest BCUT2D eigenvalue weighted by atomic mass is 9.79. The molecule has 9 heteroatoms. The molecule has 0 saturated carbocycles. The molecule has 0 bridgehead atoms. The first-order valence-corrected chi connectivity index (χ1v) is 10.2. The van der Waals surface area contributed by atoms with Gasteiger partial charge in [0.05, 0.1) is 30.3 Å². The molecule has 4 atom stereocenters. The zero-order valence-electron chi connectivity index (χ0n) is 18.6. The first kappa shape index (κ1) is 22.7. The lowest BCUT2D eigenvalue weighted by Gasteiger charge is -2.36. The maximum Gasteiger partial charge on any atom is 0.336 e. The zero-order valence-corrected chi connectivity index (χ0v) is 18.6. The second-order valence-electron chi connectivity index (χ2n) is 7.89. The van der Waals surface area contributed by atoms with Gasteiger partial charge in [0.15, 0.2) is 12.1 Å². The maximum atomic E-state index is 12.9. The molecule has 3 heterocycles. The molecule has 0 aromatic heterocycles. The average molecular weight is 425 g/mol. The molecule has 0 aliphatic carbocycles. The summed E-state index contributed by atoms with van der Waals surface area (Å²) in [5.74, 6) is -2.65. The quantitative estimate of drug-likeness (QED) is 0.638. The highest BCUT2D eigenvalue weighted by atomic mass is 16.8. The van der Waals surface area contributed by atoms with E-state index in [1.54, 1.807) is 48.7 Å². The second kappa shape index (κ2) is 8.66. The molecule has 3 rings (SSSR count). The Morgan fingerprint density at radius 2 is 1.50 bits per heavy atom. The number of hydrogen-bond donors (Lipinski definition) is 1. The molecule has 1 unspecified atom stereocenters. The smallest absolute Gasteiger partial charge is 0.336 e. The van der Waals surface area contributed by atoms with Crippen LogP contribution in [0.4, 0.5) is 0 Å². The van der Waals surface area contributed by atoms with Crippen molar-refractivity contribution in [1.82, 2.24) is 5.32 Å². The molecule has 9 nitrogen and oxygen atoms in total. The van der Waals surface area contributed by atoms with Crippen LogP contribution < -0.4 is 5.32 Å². The lowest BCUT2D eigenvalue weighted by Crippen LogP contribution is -2.46. The van der Waals surface area contributed by atoms with E-state index in [1.165, 1.54) is 0 Å². The highest BCUT2D eigenvalue weighted by Crippen LogP contribution is 2.45. The number of rotatable bonds is 6. The van der Waals surface area contributed by atoms with Gasteiger partial charge >= 0.3 is 11.9 Å². The summed E-state index contributed by atoms with van der Waals surface area (Å²) in [6.45, 7) is 11.0. The second-order valence-corrected chi connectivity index (χ2v) is 7.89. The molecule has 0 aromatic rings. The molecule has 0 amide bonds. The molecule has 0 spiro atoms. The summed E-state index contributed by atoms with van der Waals surface area (Å²) in [6, 6.07) is 0. The molecule has 0 aromatic carbocycles. The number of hydrogen-bond acceptors (Lipinski definition) is 9. The Balaban J connectivity index is 2.06. The molecule has 168 valence electrons. The van der Waals surface area contributed by atoms with E-state index in [-0.39, 0.29) is 13.2 Å². The Morgan fingerprint density at radius 1 is 0.967 bits per heavy atom. The number of esters is 2. The third kappa shape index (κ3) is 3.99. The van der Waals surface area contributed by atoms with Crippen molar-refractivity contribution in [3.63, 3.8) is 0 Å². The zero-order chi connectivity index (χ0) is 22.2. The van der Waals surface area contributed by atoms with Crippen molar-refractivity contribution in [3.05, 3.63) is 22.5 Å². The number of allylic oxidation sites excluding steroid dienone is 2. The summed E-state index contributed by atoms with van der Waals surface area (Å²) < 4.78 is 34.4. The van der Waals surface area contributed by atoms with E-state index in [0.29, 0.717) is 22.5 Å². The van der Waals surface area contributed by atoms with Gasteiger partial charge in [-0.3, -0.25) is 0 Å². The highest BCUT2D eigenvalue weighted by molar-refractivity contribution is 5.98. The van der Waals surface area contributed by atoms with Crippen LogP contribution in [0.25, 0.3) is 0 Å². The molecule has 30 heavy (non-hydrogen) atoms. The Labute approximate surface area is 176 Å². The van der Waals surface area contributed by atoms with Gasteiger partial charge < -0.3 is 33.7 Å². The summed E-state index contributed by atoms with van der Waals surface area (Å²) in [5, 5.41) is 3.11. The molecule has 2 fully saturated rings. The summed E-state index contributed by atoms with van der Waals surface area (Å²) >= 11 is 0. The fourth-order valence-corrected chi connectivity index (χ4v) is 4.37. The van der Waals surface area contributed by atoms with Crippen molar-refractivity contribution in [2.24, 2.45) is 5.92 Å². The van der Waals surface area contributed by atoms with Crippen LogP contribution >= 0.6 is 0 Å². The van der Waals surface area contributed by atoms with E-state index < -0.39 is 48.2 Å². The topological polar surface area (TPSA) is 102 Å². The standard InChI is InChI=1S/C21H31NO8/c1-8-26-18(23)12-10(3)22-11(4)13(19(24)27-9-2)14(12)15-16(25-7)17-20(28-15)30-21(5,6)29-17/h14-17,20,22H,8-9H2,1-7H3/t15?,16-,17+,20+/m1/s1. The van der Waals surface area contributed by atoms with Crippen molar-refractivity contribution in [2.75, 3.05) is 20.3 Å². The SMILES string of the molecule is CCOC(=O)C1=C(C)NC(C)=C(C(=O)OCC)C1C1O[C@H]2OC(C)(C)O[C@H]2[C@@H]1OC. The van der Waals surface area contributed by atoms with Crippen molar-refractivity contribution in [1.29, 1.82) is 0 Å². The van der Waals surface area contributed by atoms with E-state index in [4.69, 9.17) is 28.4 Å². The van der Waals surface area contributed by atoms with Gasteiger partial charge in [0.2, 0.25) is 0 Å². The fourth-order valence-electron chi connectivity index (χ4n) is 4.37. The first-order chi connectivity index (χ1) is 14.1. The van der Waals surface area contributed by atoms with Gasteiger partial charge in [0, 0.05) is 18.5 Å². The number of dihydropyridines is 1. The fraction of sp³-hybridized carbons (Fsp3) is 0.714. The number of nitrogens with one attached hydrogen (secondary N) is 1. The summed E-state index contributed by atoms with van der Waals surface area (Å²) in [4.78, 5) is 25.8. The summed E-state index contributed by atoms with van der Waals surface area (Å²) in [6.07, 6.45) is -2.48. The molecular weight excluding hydrogens is 394 g/mol. The number of fused-ring (bicyclic) bond motifs is 1. The van der Waals surface area contributed by atoms with Gasteiger partial charge in [-0.2, -0.15) is 0 Å². The van der Waals surface area contributed by atoms with Gasteiger partial charge in [0.1, 0.15) is 18.3 Å². The summed E-state index contributed by atoms with van der Waals surface area (Å²) in [5.41, 5.74) is 1.77. The third-order valence-corrected chi connectivity index (χ3v) is 5.42. The number of methoxy groups -OCH3 is 1. The normalized spacial score (nSPS) is 30.9. The van der Waals surface area contributed by atoms with Crippen LogP contribution in [0.5, 0.6) is 0 Å². The minimum Gasteiger partial charge on any atom is -0.463 e. The molecular formula is C21H31NO8. The Hall–Kier alpha value is -1.94. The van der Waals surface area contributed by atoms with Crippen LogP contribution in [-0.2, 0) is 38.0 Å². The Kier molecular flexibility index (Phi) is 6.57. The average Bonchev–Trinajstić information content (AvgIpc) is 3.12. The monoisotopic (exact) mass is 425 g/mol. The van der Waals surface area contributed by atoms with E-state index in [2.05, 4.69) is 5.32 Å². The predicted molar refractivity (Wildman–Crippen MR) is 105 cm³/mol. The Bertz CT molecular complexity index is 731. The van der Waals surface area contributed by atoms with Crippen LogP contribution in [0.15, 0.2) is 22.5 Å².